The number of alkyl halides is 3. The zero-order valence-corrected chi connectivity index (χ0v) is 14.1. The first-order valence-corrected chi connectivity index (χ1v) is 7.63. The van der Waals surface area contributed by atoms with Gasteiger partial charge >= 0.3 is 6.18 Å². The molecule has 1 aromatic heterocycles. The van der Waals surface area contributed by atoms with E-state index in [2.05, 4.69) is 5.10 Å². The molecule has 9 heteroatoms. The Morgan fingerprint density at radius 1 is 1.20 bits per heavy atom. The molecule has 1 amide bonds. The molecular weight excluding hydrogens is 357 g/mol. The van der Waals surface area contributed by atoms with Gasteiger partial charge < -0.3 is 10.6 Å². The van der Waals surface area contributed by atoms with Crippen molar-refractivity contribution in [3.8, 4) is 5.69 Å². The maximum atomic E-state index is 12.7. The lowest BCUT2D eigenvalue weighted by molar-refractivity contribution is -0.141. The van der Waals surface area contributed by atoms with E-state index in [1.165, 1.54) is 6.20 Å². The lowest BCUT2D eigenvalue weighted by Gasteiger charge is -2.30. The minimum absolute atomic E-state index is 0. The summed E-state index contributed by atoms with van der Waals surface area (Å²) in [4.78, 5) is 14.2. The van der Waals surface area contributed by atoms with Crippen LogP contribution in [-0.2, 0) is 6.18 Å². The van der Waals surface area contributed by atoms with Gasteiger partial charge in [-0.05, 0) is 37.1 Å². The Hall–Kier alpha value is -2.06. The van der Waals surface area contributed by atoms with E-state index < -0.39 is 11.9 Å². The van der Waals surface area contributed by atoms with Crippen molar-refractivity contribution in [1.82, 2.24) is 14.7 Å². The molecule has 136 valence electrons. The first-order valence-electron chi connectivity index (χ1n) is 7.63. The van der Waals surface area contributed by atoms with Crippen molar-refractivity contribution in [3.05, 3.63) is 47.8 Å². The van der Waals surface area contributed by atoms with Crippen LogP contribution >= 0.6 is 12.4 Å². The molecule has 2 aromatic rings. The molecule has 1 fully saturated rings. The summed E-state index contributed by atoms with van der Waals surface area (Å²) in [6.45, 7) is 1.18. The van der Waals surface area contributed by atoms with Crippen LogP contribution in [0.4, 0.5) is 13.2 Å². The number of amides is 1. The lowest BCUT2D eigenvalue weighted by Crippen LogP contribution is -2.42. The Morgan fingerprint density at radius 3 is 2.48 bits per heavy atom. The third-order valence-corrected chi connectivity index (χ3v) is 4.06. The number of hydrogen-bond acceptors (Lipinski definition) is 3. The summed E-state index contributed by atoms with van der Waals surface area (Å²) in [5, 5.41) is 3.52. The quantitative estimate of drug-likeness (QED) is 0.879. The van der Waals surface area contributed by atoms with Crippen molar-refractivity contribution in [2.75, 3.05) is 13.1 Å². The number of rotatable bonds is 2. The number of nitrogens with zero attached hydrogens (tertiary/aromatic N) is 3. The molecule has 1 aliphatic rings. The van der Waals surface area contributed by atoms with Crippen LogP contribution in [0, 0.1) is 0 Å². The fourth-order valence-corrected chi connectivity index (χ4v) is 2.69. The van der Waals surface area contributed by atoms with Crippen molar-refractivity contribution in [2.45, 2.75) is 25.1 Å². The Kier molecular flexibility index (Phi) is 5.74. The Bertz CT molecular complexity index is 739. The molecule has 0 bridgehead atoms. The number of likely N-dealkylation sites (tertiary alicyclic amines) is 1. The molecule has 0 radical (unpaired) electrons. The summed E-state index contributed by atoms with van der Waals surface area (Å²) in [5.74, 6) is -0.146. The zero-order chi connectivity index (χ0) is 17.3. The van der Waals surface area contributed by atoms with Crippen LogP contribution in [0.15, 0.2) is 36.5 Å². The molecule has 2 heterocycles. The highest BCUT2D eigenvalue weighted by molar-refractivity contribution is 5.94. The molecule has 0 aliphatic carbocycles. The Labute approximate surface area is 149 Å². The molecule has 1 saturated heterocycles. The average molecular weight is 375 g/mol. The maximum Gasteiger partial charge on any atom is 0.435 e. The van der Waals surface area contributed by atoms with Gasteiger partial charge in [-0.1, -0.05) is 6.07 Å². The number of nitrogens with two attached hydrogens (primary N) is 1. The van der Waals surface area contributed by atoms with Crippen LogP contribution in [0.1, 0.15) is 28.9 Å². The highest BCUT2D eigenvalue weighted by Crippen LogP contribution is 2.28. The second-order valence-corrected chi connectivity index (χ2v) is 5.82. The van der Waals surface area contributed by atoms with Gasteiger partial charge in [0.2, 0.25) is 0 Å². The molecule has 0 spiro atoms. The number of piperidine rings is 1. The van der Waals surface area contributed by atoms with E-state index >= 15 is 0 Å². The van der Waals surface area contributed by atoms with Crippen LogP contribution in [0.5, 0.6) is 0 Å². The number of halogens is 4. The van der Waals surface area contributed by atoms with Gasteiger partial charge in [0.15, 0.2) is 5.69 Å². The molecule has 1 aliphatic heterocycles. The van der Waals surface area contributed by atoms with E-state index in [1.54, 1.807) is 29.2 Å². The minimum atomic E-state index is -4.49. The van der Waals surface area contributed by atoms with Crippen LogP contribution in [-0.4, -0.2) is 39.7 Å². The zero-order valence-electron chi connectivity index (χ0n) is 13.2. The Balaban J connectivity index is 0.00000225. The van der Waals surface area contributed by atoms with Crippen molar-refractivity contribution in [3.63, 3.8) is 0 Å². The van der Waals surface area contributed by atoms with Gasteiger partial charge in [-0.3, -0.25) is 4.79 Å². The van der Waals surface area contributed by atoms with Gasteiger partial charge in [0.25, 0.3) is 5.91 Å². The first kappa shape index (κ1) is 19.3. The van der Waals surface area contributed by atoms with Crippen LogP contribution < -0.4 is 5.73 Å². The topological polar surface area (TPSA) is 64.2 Å². The fourth-order valence-electron chi connectivity index (χ4n) is 2.69. The lowest BCUT2D eigenvalue weighted by atomic mass is 10.0. The predicted molar refractivity (Wildman–Crippen MR) is 88.9 cm³/mol. The van der Waals surface area contributed by atoms with Gasteiger partial charge in [0.05, 0.1) is 5.69 Å². The van der Waals surface area contributed by atoms with Gasteiger partial charge in [0, 0.05) is 30.9 Å². The number of aromatic nitrogens is 2. The van der Waals surface area contributed by atoms with E-state index in [0.717, 1.165) is 23.6 Å². The first-order chi connectivity index (χ1) is 11.3. The van der Waals surface area contributed by atoms with E-state index in [1.807, 2.05) is 0 Å². The van der Waals surface area contributed by atoms with Crippen molar-refractivity contribution in [2.24, 2.45) is 5.73 Å². The Morgan fingerprint density at radius 2 is 1.88 bits per heavy atom. The molecule has 1 aromatic carbocycles. The van der Waals surface area contributed by atoms with Crippen LogP contribution in [0.2, 0.25) is 0 Å². The van der Waals surface area contributed by atoms with Crippen molar-refractivity contribution >= 4 is 18.3 Å². The molecular formula is C16H18ClF3N4O. The monoisotopic (exact) mass is 374 g/mol. The van der Waals surface area contributed by atoms with Gasteiger partial charge in [-0.2, -0.15) is 18.3 Å². The number of carbonyl (C=O) groups excluding carboxylic acids is 1. The molecule has 0 atom stereocenters. The molecule has 5 nitrogen and oxygen atoms in total. The highest BCUT2D eigenvalue weighted by atomic mass is 35.5. The number of carbonyl (C=O) groups is 1. The molecule has 3 rings (SSSR count). The predicted octanol–water partition coefficient (Wildman–Crippen LogP) is 2.88. The summed E-state index contributed by atoms with van der Waals surface area (Å²) in [7, 11) is 0. The van der Waals surface area contributed by atoms with Gasteiger partial charge in [-0.15, -0.1) is 12.4 Å². The van der Waals surface area contributed by atoms with Crippen molar-refractivity contribution < 1.29 is 18.0 Å². The second kappa shape index (κ2) is 7.45. The van der Waals surface area contributed by atoms with E-state index in [4.69, 9.17) is 5.73 Å². The van der Waals surface area contributed by atoms with E-state index in [0.29, 0.717) is 24.3 Å². The molecule has 0 saturated carbocycles. The normalized spacial score (nSPS) is 15.8. The van der Waals surface area contributed by atoms with Crippen LogP contribution in [0.25, 0.3) is 5.69 Å². The smallest absolute Gasteiger partial charge is 0.339 e. The standard InChI is InChI=1S/C16H17F3N4O.ClH/c17-16(18,19)14-6-9-23(21-14)13-3-1-2-11(10-13)15(24)22-7-4-12(20)5-8-22;/h1-3,6,9-10,12H,4-5,7-8,20H2;1H. The third kappa shape index (κ3) is 4.32. The van der Waals surface area contributed by atoms with E-state index in [9.17, 15) is 18.0 Å². The van der Waals surface area contributed by atoms with Gasteiger partial charge in [-0.25, -0.2) is 4.68 Å². The van der Waals surface area contributed by atoms with Gasteiger partial charge in [0.1, 0.15) is 0 Å². The fraction of sp³-hybridized carbons (Fsp3) is 0.375. The molecule has 0 unspecified atom stereocenters. The van der Waals surface area contributed by atoms with E-state index in [-0.39, 0.29) is 24.4 Å². The summed E-state index contributed by atoms with van der Waals surface area (Å²) in [6.07, 6.45) is -1.77. The highest BCUT2D eigenvalue weighted by Gasteiger charge is 2.33. The largest absolute Gasteiger partial charge is 0.435 e. The molecule has 2 N–H and O–H groups in total. The summed E-state index contributed by atoms with van der Waals surface area (Å²) >= 11 is 0. The summed E-state index contributed by atoms with van der Waals surface area (Å²) in [6, 6.07) is 7.45. The van der Waals surface area contributed by atoms with Crippen LogP contribution in [0.3, 0.4) is 0 Å². The SMILES string of the molecule is Cl.NC1CCN(C(=O)c2cccc(-n3ccc(C(F)(F)F)n3)c2)CC1. The number of benzene rings is 1. The third-order valence-electron chi connectivity index (χ3n) is 4.06. The summed E-state index contributed by atoms with van der Waals surface area (Å²) in [5.41, 5.74) is 5.69. The number of hydrogen-bond donors (Lipinski definition) is 1. The molecule has 25 heavy (non-hydrogen) atoms. The maximum absolute atomic E-state index is 12.7. The average Bonchev–Trinajstić information content (AvgIpc) is 3.05. The van der Waals surface area contributed by atoms with Crippen molar-refractivity contribution in [1.29, 1.82) is 0 Å². The second-order valence-electron chi connectivity index (χ2n) is 5.82. The minimum Gasteiger partial charge on any atom is -0.339 e. The summed E-state index contributed by atoms with van der Waals surface area (Å²) < 4.78 is 39.1.